The molecular weight excluding hydrogens is 199 g/mol. The number of aromatic nitrogens is 1. The summed E-state index contributed by atoms with van der Waals surface area (Å²) in [6, 6.07) is 1.55. The molecule has 0 unspecified atom stereocenters. The second-order valence-corrected chi connectivity index (χ2v) is 2.63. The lowest BCUT2D eigenvalue weighted by Gasteiger charge is -2.09. The predicted molar refractivity (Wildman–Crippen MR) is 40.9 cm³/mol. The Morgan fingerprint density at radius 2 is 2.00 bits per heavy atom. The standard InChI is InChI=1S/C8H6F3NO2/c1-4-5(8(9,10)11)2-3-6(12-4)7(13)14/h2-3H,1H3,(H,13,14). The Labute approximate surface area is 77.2 Å². The minimum Gasteiger partial charge on any atom is -0.477 e. The molecule has 14 heavy (non-hydrogen) atoms. The summed E-state index contributed by atoms with van der Waals surface area (Å²) in [6.45, 7) is 1.12. The van der Waals surface area contributed by atoms with Crippen LogP contribution in [0.2, 0.25) is 0 Å². The lowest BCUT2D eigenvalue weighted by Crippen LogP contribution is -2.11. The first-order valence-electron chi connectivity index (χ1n) is 3.60. The molecule has 1 heterocycles. The lowest BCUT2D eigenvalue weighted by molar-refractivity contribution is -0.138. The largest absolute Gasteiger partial charge is 0.477 e. The van der Waals surface area contributed by atoms with E-state index in [4.69, 9.17) is 5.11 Å². The van der Waals surface area contributed by atoms with Crippen LogP contribution in [0.25, 0.3) is 0 Å². The van der Waals surface area contributed by atoms with Crippen LogP contribution >= 0.6 is 0 Å². The number of halogens is 3. The predicted octanol–water partition coefficient (Wildman–Crippen LogP) is 2.11. The highest BCUT2D eigenvalue weighted by Gasteiger charge is 2.33. The molecular formula is C8H6F3NO2. The Kier molecular flexibility index (Phi) is 2.46. The Morgan fingerprint density at radius 3 is 2.36 bits per heavy atom. The van der Waals surface area contributed by atoms with Gasteiger partial charge in [0.1, 0.15) is 5.69 Å². The Bertz CT molecular complexity index is 373. The van der Waals surface area contributed by atoms with Gasteiger partial charge in [-0.2, -0.15) is 13.2 Å². The average molecular weight is 205 g/mol. The van der Waals surface area contributed by atoms with E-state index in [0.717, 1.165) is 13.0 Å². The summed E-state index contributed by atoms with van der Waals surface area (Å²) < 4.78 is 36.6. The quantitative estimate of drug-likeness (QED) is 0.763. The Balaban J connectivity index is 3.21. The molecule has 0 fully saturated rings. The summed E-state index contributed by atoms with van der Waals surface area (Å²) in [5.41, 5.74) is -1.64. The van der Waals surface area contributed by atoms with Crippen molar-refractivity contribution in [2.45, 2.75) is 13.1 Å². The van der Waals surface area contributed by atoms with Gasteiger partial charge in [-0.05, 0) is 19.1 Å². The molecule has 6 heteroatoms. The van der Waals surface area contributed by atoms with Crippen LogP contribution in [0.4, 0.5) is 13.2 Å². The number of aryl methyl sites for hydroxylation is 1. The second-order valence-electron chi connectivity index (χ2n) is 2.63. The highest BCUT2D eigenvalue weighted by molar-refractivity contribution is 5.85. The molecule has 1 N–H and O–H groups in total. The number of rotatable bonds is 1. The summed E-state index contributed by atoms with van der Waals surface area (Å²) in [5.74, 6) is -1.35. The minimum absolute atomic E-state index is 0.336. The summed E-state index contributed by atoms with van der Waals surface area (Å²) in [6.07, 6.45) is -4.49. The van der Waals surface area contributed by atoms with Crippen molar-refractivity contribution in [2.24, 2.45) is 0 Å². The van der Waals surface area contributed by atoms with Crippen LogP contribution in [0.1, 0.15) is 21.7 Å². The van der Waals surface area contributed by atoms with E-state index in [1.54, 1.807) is 0 Å². The van der Waals surface area contributed by atoms with Crippen LogP contribution in [-0.4, -0.2) is 16.1 Å². The van der Waals surface area contributed by atoms with Gasteiger partial charge in [0.25, 0.3) is 0 Å². The molecule has 0 bridgehead atoms. The van der Waals surface area contributed by atoms with E-state index in [1.165, 1.54) is 0 Å². The topological polar surface area (TPSA) is 50.2 Å². The van der Waals surface area contributed by atoms with Crippen LogP contribution in [0, 0.1) is 6.92 Å². The van der Waals surface area contributed by atoms with E-state index in [1.807, 2.05) is 0 Å². The van der Waals surface area contributed by atoms with Gasteiger partial charge in [-0.3, -0.25) is 0 Å². The number of pyridine rings is 1. The van der Waals surface area contributed by atoms with Crippen LogP contribution in [-0.2, 0) is 6.18 Å². The van der Waals surface area contributed by atoms with E-state index in [-0.39, 0.29) is 5.69 Å². The Morgan fingerprint density at radius 1 is 1.43 bits per heavy atom. The summed E-state index contributed by atoms with van der Waals surface area (Å²) in [5, 5.41) is 8.46. The van der Waals surface area contributed by atoms with Gasteiger partial charge >= 0.3 is 12.1 Å². The smallest absolute Gasteiger partial charge is 0.418 e. The Hall–Kier alpha value is -1.59. The van der Waals surface area contributed by atoms with Crippen LogP contribution < -0.4 is 0 Å². The molecule has 0 spiro atoms. The van der Waals surface area contributed by atoms with Gasteiger partial charge < -0.3 is 5.11 Å². The zero-order valence-electron chi connectivity index (χ0n) is 7.09. The molecule has 0 atom stereocenters. The molecule has 0 saturated carbocycles. The van der Waals surface area contributed by atoms with Gasteiger partial charge in [-0.15, -0.1) is 0 Å². The fourth-order valence-electron chi connectivity index (χ4n) is 0.980. The minimum atomic E-state index is -4.49. The third kappa shape index (κ3) is 2.01. The monoisotopic (exact) mass is 205 g/mol. The molecule has 0 radical (unpaired) electrons. The number of alkyl halides is 3. The maximum atomic E-state index is 12.2. The molecule has 1 aromatic rings. The van der Waals surface area contributed by atoms with E-state index < -0.39 is 23.4 Å². The average Bonchev–Trinajstić information content (AvgIpc) is 2.01. The van der Waals surface area contributed by atoms with Gasteiger partial charge in [0.2, 0.25) is 0 Å². The molecule has 3 nitrogen and oxygen atoms in total. The SMILES string of the molecule is Cc1nc(C(=O)O)ccc1C(F)(F)F. The van der Waals surface area contributed by atoms with E-state index >= 15 is 0 Å². The molecule has 0 aliphatic carbocycles. The second kappa shape index (κ2) is 3.28. The summed E-state index contributed by atoms with van der Waals surface area (Å²) in [7, 11) is 0. The van der Waals surface area contributed by atoms with E-state index in [9.17, 15) is 18.0 Å². The number of hydrogen-bond acceptors (Lipinski definition) is 2. The van der Waals surface area contributed by atoms with Crippen LogP contribution in [0.3, 0.4) is 0 Å². The van der Waals surface area contributed by atoms with Crippen LogP contribution in [0.15, 0.2) is 12.1 Å². The van der Waals surface area contributed by atoms with Gasteiger partial charge in [-0.1, -0.05) is 0 Å². The lowest BCUT2D eigenvalue weighted by atomic mass is 10.2. The molecule has 1 aromatic heterocycles. The van der Waals surface area contributed by atoms with Crippen molar-refractivity contribution < 1.29 is 23.1 Å². The number of carbonyl (C=O) groups is 1. The van der Waals surface area contributed by atoms with Crippen molar-refractivity contribution in [1.82, 2.24) is 4.98 Å². The summed E-state index contributed by atoms with van der Waals surface area (Å²) >= 11 is 0. The fraction of sp³-hybridized carbons (Fsp3) is 0.250. The third-order valence-electron chi connectivity index (χ3n) is 1.61. The zero-order chi connectivity index (χ0) is 10.9. The zero-order valence-corrected chi connectivity index (χ0v) is 7.09. The van der Waals surface area contributed by atoms with Crippen molar-refractivity contribution in [3.8, 4) is 0 Å². The van der Waals surface area contributed by atoms with Crippen molar-refractivity contribution in [1.29, 1.82) is 0 Å². The van der Waals surface area contributed by atoms with Crippen LogP contribution in [0.5, 0.6) is 0 Å². The number of nitrogens with zero attached hydrogens (tertiary/aromatic N) is 1. The van der Waals surface area contributed by atoms with Crippen molar-refractivity contribution in [2.75, 3.05) is 0 Å². The third-order valence-corrected chi connectivity index (χ3v) is 1.61. The van der Waals surface area contributed by atoms with Gasteiger partial charge in [0, 0.05) is 0 Å². The molecule has 0 amide bonds. The molecule has 0 aliphatic rings. The maximum absolute atomic E-state index is 12.2. The van der Waals surface area contributed by atoms with Gasteiger partial charge in [0.15, 0.2) is 0 Å². The first-order valence-corrected chi connectivity index (χ1v) is 3.60. The first kappa shape index (κ1) is 10.5. The highest BCUT2D eigenvalue weighted by atomic mass is 19.4. The fourth-order valence-corrected chi connectivity index (χ4v) is 0.980. The molecule has 76 valence electrons. The van der Waals surface area contributed by atoms with Crippen molar-refractivity contribution >= 4 is 5.97 Å². The normalized spacial score (nSPS) is 11.4. The molecule has 0 saturated heterocycles. The molecule has 0 aromatic carbocycles. The number of carboxylic acid groups (broad SMARTS) is 1. The van der Waals surface area contributed by atoms with Gasteiger partial charge in [0.05, 0.1) is 11.3 Å². The van der Waals surface area contributed by atoms with Crippen molar-refractivity contribution in [3.05, 3.63) is 29.1 Å². The highest BCUT2D eigenvalue weighted by Crippen LogP contribution is 2.30. The maximum Gasteiger partial charge on any atom is 0.418 e. The first-order chi connectivity index (χ1) is 6.32. The van der Waals surface area contributed by atoms with Gasteiger partial charge in [-0.25, -0.2) is 9.78 Å². The number of hydrogen-bond donors (Lipinski definition) is 1. The molecule has 0 aliphatic heterocycles. The van der Waals surface area contributed by atoms with E-state index in [0.29, 0.717) is 6.07 Å². The molecule has 1 rings (SSSR count). The number of aromatic carboxylic acids is 1. The van der Waals surface area contributed by atoms with Crippen molar-refractivity contribution in [3.63, 3.8) is 0 Å². The number of carboxylic acids is 1. The summed E-state index contributed by atoms with van der Waals surface area (Å²) in [4.78, 5) is 13.7. The van der Waals surface area contributed by atoms with E-state index in [2.05, 4.69) is 4.98 Å².